The summed E-state index contributed by atoms with van der Waals surface area (Å²) in [5.74, 6) is 0. The minimum absolute atomic E-state index is 0. The van der Waals surface area contributed by atoms with Crippen molar-refractivity contribution < 1.29 is 49.5 Å². The van der Waals surface area contributed by atoms with Gasteiger partial charge in [0.05, 0.1) is 0 Å². The molecule has 0 heterocycles. The smallest absolute Gasteiger partial charge is 1.00 e. The summed E-state index contributed by atoms with van der Waals surface area (Å²) < 4.78 is 1.49. The van der Waals surface area contributed by atoms with Crippen LogP contribution < -0.4 is 24.8 Å². The van der Waals surface area contributed by atoms with E-state index in [2.05, 4.69) is 32.1 Å². The molecule has 0 spiro atoms. The molecule has 0 bridgehead atoms. The van der Waals surface area contributed by atoms with Crippen LogP contribution in [-0.2, 0) is 24.7 Å². The summed E-state index contributed by atoms with van der Waals surface area (Å²) in [6.07, 6.45) is 8.08. The average molecular weight is 269 g/mol. The molecule has 0 saturated carbocycles. The Morgan fingerprint density at radius 3 is 2.18 bits per heavy atom. The molecule has 0 N–H and O–H groups in total. The van der Waals surface area contributed by atoms with Gasteiger partial charge >= 0.3 is 71.9 Å². The molecule has 0 aromatic carbocycles. The van der Waals surface area contributed by atoms with E-state index in [-0.39, 0.29) is 24.8 Å². The van der Waals surface area contributed by atoms with Crippen LogP contribution in [0.4, 0.5) is 0 Å². The summed E-state index contributed by atoms with van der Waals surface area (Å²) >= 11 is 1.54. The normalized spacial score (nSPS) is 19.5. The summed E-state index contributed by atoms with van der Waals surface area (Å²) in [5, 5.41) is 0. The molecular weight excluding hydrogens is 258 g/mol. The van der Waals surface area contributed by atoms with Crippen molar-refractivity contribution in [1.82, 2.24) is 0 Å². The van der Waals surface area contributed by atoms with Crippen molar-refractivity contribution >= 4 is 0 Å². The van der Waals surface area contributed by atoms with Crippen LogP contribution in [0.5, 0.6) is 0 Å². The molecule has 1 aliphatic rings. The third kappa shape index (κ3) is 5.22. The van der Waals surface area contributed by atoms with Gasteiger partial charge in [-0.15, -0.1) is 0 Å². The van der Waals surface area contributed by atoms with Gasteiger partial charge in [0.2, 0.25) is 0 Å². The predicted molar refractivity (Wildman–Crippen MR) is 35.6 cm³/mol. The molecule has 1 rings (SSSR count). The van der Waals surface area contributed by atoms with Crippen molar-refractivity contribution in [3.8, 4) is 0 Å². The van der Waals surface area contributed by atoms with Crippen molar-refractivity contribution in [1.29, 1.82) is 0 Å². The number of hydrogen-bond donors (Lipinski definition) is 0. The van der Waals surface area contributed by atoms with Gasteiger partial charge in [0.15, 0.2) is 0 Å². The van der Waals surface area contributed by atoms with E-state index in [9.17, 15) is 0 Å². The fourth-order valence-electron chi connectivity index (χ4n) is 0.824. The third-order valence-electron chi connectivity index (χ3n) is 1.56. The second-order valence-electron chi connectivity index (χ2n) is 3.19. The second-order valence-corrected chi connectivity index (χ2v) is 4.60. The van der Waals surface area contributed by atoms with Crippen molar-refractivity contribution in [2.45, 2.75) is 20.3 Å². The summed E-state index contributed by atoms with van der Waals surface area (Å²) in [7, 11) is 0. The zero-order valence-electron chi connectivity index (χ0n) is 6.70. The quantitative estimate of drug-likeness (QED) is 0.426. The third-order valence-corrected chi connectivity index (χ3v) is 2.47. The zero-order chi connectivity index (χ0) is 6.91. The topological polar surface area (TPSA) is 0 Å². The van der Waals surface area contributed by atoms with Crippen LogP contribution in [0.3, 0.4) is 0 Å². The zero-order valence-corrected chi connectivity index (χ0v) is 10.7. The molecule has 0 aromatic rings. The van der Waals surface area contributed by atoms with E-state index in [1.54, 1.807) is 0 Å². The van der Waals surface area contributed by atoms with Crippen molar-refractivity contribution in [3.05, 3.63) is 21.5 Å². The van der Waals surface area contributed by atoms with Crippen LogP contribution in [-0.4, -0.2) is 0 Å². The van der Waals surface area contributed by atoms with Gasteiger partial charge in [-0.3, -0.25) is 0 Å². The number of allylic oxidation sites excluding steroid dienone is 4. The molecule has 0 atom stereocenters. The minimum atomic E-state index is 0. The van der Waals surface area contributed by atoms with Crippen LogP contribution in [0.2, 0.25) is 0 Å². The molecule has 1 aliphatic carbocycles. The van der Waals surface area contributed by atoms with Gasteiger partial charge in [-0.1, -0.05) is 0 Å². The molecular formula is C8H11Cl2Zr. The van der Waals surface area contributed by atoms with E-state index in [0.717, 1.165) is 0 Å². The van der Waals surface area contributed by atoms with E-state index in [1.165, 1.54) is 34.4 Å². The van der Waals surface area contributed by atoms with Crippen molar-refractivity contribution in [2.24, 2.45) is 5.41 Å². The van der Waals surface area contributed by atoms with Crippen LogP contribution in [0.15, 0.2) is 21.5 Å². The van der Waals surface area contributed by atoms with E-state index < -0.39 is 0 Å². The summed E-state index contributed by atoms with van der Waals surface area (Å²) in [5.41, 5.74) is 0.417. The molecule has 0 unspecified atom stereocenters. The molecule has 11 heavy (non-hydrogen) atoms. The van der Waals surface area contributed by atoms with Crippen LogP contribution in [0.1, 0.15) is 20.3 Å². The molecule has 0 nitrogen and oxygen atoms in total. The van der Waals surface area contributed by atoms with Gasteiger partial charge in [-0.05, 0) is 0 Å². The Kier molecular flexibility index (Phi) is 7.32. The first-order chi connectivity index (χ1) is 4.10. The Labute approximate surface area is 96.2 Å². The molecule has 0 aliphatic heterocycles. The van der Waals surface area contributed by atoms with Crippen molar-refractivity contribution in [2.75, 3.05) is 0 Å². The fraction of sp³-hybridized carbons (Fsp3) is 0.500. The summed E-state index contributed by atoms with van der Waals surface area (Å²) in [6.45, 7) is 4.53. The van der Waals surface area contributed by atoms with Gasteiger partial charge in [0, 0.05) is 0 Å². The molecule has 0 aromatic heterocycles. The number of rotatable bonds is 0. The molecule has 0 fully saturated rings. The standard InChI is InChI=1S/C8H11.2ClH.Zr/c1-8(2)6-4-3-5-7-8;;;/h4-6H,7H2,1-2H3;2*1H;/q;;;+2/p-2. The van der Waals surface area contributed by atoms with Gasteiger partial charge in [0.25, 0.3) is 0 Å². The fourth-order valence-corrected chi connectivity index (χ4v) is 1.28. The molecule has 0 amide bonds. The van der Waals surface area contributed by atoms with E-state index >= 15 is 0 Å². The maximum absolute atomic E-state index is 2.33. The SMILES string of the molecule is CC1(C)C=C[C]([Zr+2])=CC1.[Cl-].[Cl-]. The Hall–Kier alpha value is 0.943. The first kappa shape index (κ1) is 14.5. The Morgan fingerprint density at radius 1 is 1.36 bits per heavy atom. The Morgan fingerprint density at radius 2 is 1.91 bits per heavy atom. The Bertz CT molecular complexity index is 171. The minimum Gasteiger partial charge on any atom is -1.00 e. The predicted octanol–water partition coefficient (Wildman–Crippen LogP) is -3.59. The summed E-state index contributed by atoms with van der Waals surface area (Å²) in [6, 6.07) is 0. The largest absolute Gasteiger partial charge is 1.00 e. The van der Waals surface area contributed by atoms with Gasteiger partial charge in [-0.2, -0.15) is 0 Å². The monoisotopic (exact) mass is 267 g/mol. The van der Waals surface area contributed by atoms with Crippen LogP contribution >= 0.6 is 0 Å². The van der Waals surface area contributed by atoms with Crippen LogP contribution in [0, 0.1) is 5.41 Å². The van der Waals surface area contributed by atoms with E-state index in [0.29, 0.717) is 5.41 Å². The van der Waals surface area contributed by atoms with E-state index in [1.807, 2.05) is 0 Å². The Balaban J connectivity index is 0. The van der Waals surface area contributed by atoms with Crippen molar-refractivity contribution in [3.63, 3.8) is 0 Å². The molecule has 0 radical (unpaired) electrons. The van der Waals surface area contributed by atoms with E-state index in [4.69, 9.17) is 0 Å². The average Bonchev–Trinajstić information content (AvgIpc) is 1.78. The second kappa shape index (κ2) is 5.57. The van der Waals surface area contributed by atoms with Crippen LogP contribution in [0.25, 0.3) is 0 Å². The molecule has 61 valence electrons. The molecule has 3 heteroatoms. The summed E-state index contributed by atoms with van der Waals surface area (Å²) in [4.78, 5) is 0. The molecule has 0 saturated heterocycles. The van der Waals surface area contributed by atoms with Gasteiger partial charge < -0.3 is 24.8 Å². The maximum atomic E-state index is 2.33. The first-order valence-electron chi connectivity index (χ1n) is 3.21. The number of halogens is 2. The number of hydrogen-bond acceptors (Lipinski definition) is 0. The van der Waals surface area contributed by atoms with Gasteiger partial charge in [-0.25, -0.2) is 0 Å². The van der Waals surface area contributed by atoms with Gasteiger partial charge in [0.1, 0.15) is 0 Å². The first-order valence-corrected chi connectivity index (χ1v) is 4.44. The maximum Gasteiger partial charge on any atom is -1.00 e.